The molecule has 5 heterocycles. The molecule has 10 heteroatoms. The van der Waals surface area contributed by atoms with Crippen LogP contribution < -0.4 is 11.1 Å². The number of aromatic nitrogens is 4. The van der Waals surface area contributed by atoms with Crippen LogP contribution in [0, 0.1) is 23.1 Å². The number of carbonyl (C=O) groups excluding carboxylic acids is 1. The minimum atomic E-state index is -0.573. The zero-order valence-corrected chi connectivity index (χ0v) is 23.8. The molecule has 0 unspecified atom stereocenters. The van der Waals surface area contributed by atoms with Crippen LogP contribution in [0.5, 0.6) is 0 Å². The van der Waals surface area contributed by atoms with E-state index in [0.717, 1.165) is 29.2 Å². The first kappa shape index (κ1) is 26.3. The van der Waals surface area contributed by atoms with Crippen LogP contribution in [-0.4, -0.2) is 43.2 Å². The molecule has 1 aliphatic heterocycles. The van der Waals surface area contributed by atoms with Crippen LogP contribution in [0.4, 0.5) is 16.0 Å². The smallest absolute Gasteiger partial charge is 0.256 e. The highest BCUT2D eigenvalue weighted by molar-refractivity contribution is 7.13. The van der Waals surface area contributed by atoms with Crippen molar-refractivity contribution in [1.82, 2.24) is 24.3 Å². The van der Waals surface area contributed by atoms with Crippen LogP contribution in [0.1, 0.15) is 48.4 Å². The topological polar surface area (TPSA) is 101 Å². The van der Waals surface area contributed by atoms with Gasteiger partial charge in [0, 0.05) is 41.1 Å². The van der Waals surface area contributed by atoms with Gasteiger partial charge in [0.2, 0.25) is 0 Å². The Morgan fingerprint density at radius 1 is 1.21 bits per heavy atom. The van der Waals surface area contributed by atoms with Gasteiger partial charge in [-0.1, -0.05) is 12.0 Å². The molecule has 0 radical (unpaired) electrons. The van der Waals surface area contributed by atoms with E-state index in [0.29, 0.717) is 29.0 Å². The fraction of sp³-hybridized carbons (Fsp3) is 0.250. The molecule has 3 N–H and O–H groups in total. The van der Waals surface area contributed by atoms with Gasteiger partial charge in [-0.15, -0.1) is 17.3 Å². The van der Waals surface area contributed by atoms with Crippen molar-refractivity contribution in [3.63, 3.8) is 0 Å². The Morgan fingerprint density at radius 2 is 2.10 bits per heavy atom. The van der Waals surface area contributed by atoms with Crippen LogP contribution in [0.15, 0.2) is 66.4 Å². The second-order valence-electron chi connectivity index (χ2n) is 11.0. The lowest BCUT2D eigenvalue weighted by atomic mass is 10.0. The number of nitrogen functional groups attached to an aromatic ring is 1. The summed E-state index contributed by atoms with van der Waals surface area (Å²) in [6.45, 7) is 3.47. The van der Waals surface area contributed by atoms with E-state index >= 15 is 4.39 Å². The van der Waals surface area contributed by atoms with Crippen molar-refractivity contribution in [1.29, 1.82) is 0 Å². The molecule has 1 saturated heterocycles. The van der Waals surface area contributed by atoms with Crippen molar-refractivity contribution >= 4 is 34.4 Å². The first-order valence-electron chi connectivity index (χ1n) is 13.8. The van der Waals surface area contributed by atoms with E-state index in [-0.39, 0.29) is 23.0 Å². The summed E-state index contributed by atoms with van der Waals surface area (Å²) in [4.78, 5) is 30.0. The van der Waals surface area contributed by atoms with Crippen LogP contribution >= 0.6 is 11.3 Å². The maximum atomic E-state index is 15.8. The SMILES string of the molecule is CC#CCN1CC2(CC2)C[C@H]1c1nc(-c2ccc(C(=O)Nc3cc(-c4cccs4)ccn3)cc2F)c2c(N)nccn12. The highest BCUT2D eigenvalue weighted by Crippen LogP contribution is 2.58. The molecule has 0 bridgehead atoms. The lowest BCUT2D eigenvalue weighted by Gasteiger charge is -2.21. The molecule has 1 saturated carbocycles. The van der Waals surface area contributed by atoms with Crippen molar-refractivity contribution < 1.29 is 9.18 Å². The molecule has 4 aromatic heterocycles. The average Bonchev–Trinajstić information content (AvgIpc) is 3.33. The third-order valence-electron chi connectivity index (χ3n) is 8.22. The molecule has 42 heavy (non-hydrogen) atoms. The summed E-state index contributed by atoms with van der Waals surface area (Å²) in [7, 11) is 0. The number of likely N-dealkylation sites (tertiary alicyclic amines) is 1. The van der Waals surface area contributed by atoms with Crippen LogP contribution in [-0.2, 0) is 0 Å². The number of amides is 1. The number of hydrogen-bond donors (Lipinski definition) is 2. The summed E-state index contributed by atoms with van der Waals surface area (Å²) in [5.41, 5.74) is 8.99. The van der Waals surface area contributed by atoms with Crippen molar-refractivity contribution in [3.05, 3.63) is 83.6 Å². The lowest BCUT2D eigenvalue weighted by molar-refractivity contribution is 0.102. The fourth-order valence-corrected chi connectivity index (χ4v) is 6.65. The highest BCUT2D eigenvalue weighted by Gasteiger charge is 2.53. The molecular weight excluding hydrogens is 549 g/mol. The molecule has 1 amide bonds. The fourth-order valence-electron chi connectivity index (χ4n) is 5.93. The van der Waals surface area contributed by atoms with Gasteiger partial charge in [-0.3, -0.25) is 14.1 Å². The van der Waals surface area contributed by atoms with Gasteiger partial charge in [0.15, 0.2) is 0 Å². The number of nitrogens with zero attached hydrogens (tertiary/aromatic N) is 5. The molecule has 2 fully saturated rings. The number of imidazole rings is 1. The van der Waals surface area contributed by atoms with Crippen molar-refractivity contribution in [2.24, 2.45) is 5.41 Å². The first-order valence-corrected chi connectivity index (χ1v) is 14.7. The quantitative estimate of drug-likeness (QED) is 0.239. The predicted octanol–water partition coefficient (Wildman–Crippen LogP) is 6.04. The van der Waals surface area contributed by atoms with Crippen LogP contribution in [0.3, 0.4) is 0 Å². The number of nitrogens with one attached hydrogen (secondary N) is 1. The molecular formula is C32H28FN7OS. The number of fused-ring (bicyclic) bond motifs is 1. The molecule has 5 aromatic rings. The Bertz CT molecular complexity index is 1880. The number of thiophene rings is 1. The molecule has 1 spiro atoms. The van der Waals surface area contributed by atoms with Crippen molar-refractivity contribution in [2.75, 3.05) is 24.1 Å². The van der Waals surface area contributed by atoms with Crippen LogP contribution in [0.25, 0.3) is 27.2 Å². The number of anilines is 2. The van der Waals surface area contributed by atoms with Gasteiger partial charge in [0.25, 0.3) is 5.91 Å². The molecule has 210 valence electrons. The third kappa shape index (κ3) is 4.70. The minimum absolute atomic E-state index is 0.0296. The monoisotopic (exact) mass is 577 g/mol. The Hall–Kier alpha value is -4.59. The Morgan fingerprint density at radius 3 is 2.86 bits per heavy atom. The normalized spacial score (nSPS) is 17.3. The highest BCUT2D eigenvalue weighted by atomic mass is 32.1. The summed E-state index contributed by atoms with van der Waals surface area (Å²) >= 11 is 1.60. The number of benzene rings is 1. The van der Waals surface area contributed by atoms with E-state index in [2.05, 4.69) is 32.0 Å². The number of carbonyl (C=O) groups is 1. The second-order valence-corrected chi connectivity index (χ2v) is 11.9. The molecule has 1 atom stereocenters. The van der Waals surface area contributed by atoms with E-state index in [9.17, 15) is 4.79 Å². The maximum Gasteiger partial charge on any atom is 0.256 e. The van der Waals surface area contributed by atoms with E-state index in [1.165, 1.54) is 18.9 Å². The van der Waals surface area contributed by atoms with E-state index in [1.807, 2.05) is 41.1 Å². The van der Waals surface area contributed by atoms with Gasteiger partial charge < -0.3 is 11.1 Å². The number of halogens is 1. The van der Waals surface area contributed by atoms with Crippen LogP contribution in [0.2, 0.25) is 0 Å². The van der Waals surface area contributed by atoms with Gasteiger partial charge in [0.1, 0.15) is 34.5 Å². The molecule has 2 aliphatic rings. The Labute approximate surface area is 246 Å². The Kier molecular flexibility index (Phi) is 6.49. The molecule has 7 rings (SSSR count). The zero-order chi connectivity index (χ0) is 28.8. The summed E-state index contributed by atoms with van der Waals surface area (Å²) in [6, 6.07) is 12.1. The maximum absolute atomic E-state index is 15.8. The summed E-state index contributed by atoms with van der Waals surface area (Å²) in [5.74, 6) is 6.64. The molecule has 1 aromatic carbocycles. The van der Waals surface area contributed by atoms with E-state index < -0.39 is 11.7 Å². The van der Waals surface area contributed by atoms with Gasteiger partial charge >= 0.3 is 0 Å². The van der Waals surface area contributed by atoms with E-state index in [4.69, 9.17) is 10.7 Å². The van der Waals surface area contributed by atoms with Crippen molar-refractivity contribution in [2.45, 2.75) is 32.2 Å². The summed E-state index contributed by atoms with van der Waals surface area (Å²) < 4.78 is 17.7. The summed E-state index contributed by atoms with van der Waals surface area (Å²) in [6.07, 6.45) is 8.48. The van der Waals surface area contributed by atoms with Gasteiger partial charge in [0.05, 0.1) is 12.6 Å². The second kappa shape index (κ2) is 10.4. The number of rotatable bonds is 6. The zero-order valence-electron chi connectivity index (χ0n) is 23.0. The number of nitrogens with two attached hydrogens (primary N) is 1. The predicted molar refractivity (Wildman–Crippen MR) is 162 cm³/mol. The van der Waals surface area contributed by atoms with Gasteiger partial charge in [-0.2, -0.15) is 0 Å². The average molecular weight is 578 g/mol. The third-order valence-corrected chi connectivity index (χ3v) is 9.14. The molecule has 1 aliphatic carbocycles. The standard InChI is InChI=1S/C32H28FN7OS/c1-2-3-13-39-19-32(9-10-32)18-24(39)30-38-27(28-29(34)36-12-14-40(28)30)22-7-6-21(16-23(22)33)31(41)37-26-17-20(8-11-35-26)25-5-4-15-42-25/h4-8,11-12,14-17,24H,9-10,13,18-19H2,1H3,(H2,34,36)(H,35,37,41)/t24-/m0/s1. The Balaban J connectivity index is 1.21. The summed E-state index contributed by atoms with van der Waals surface area (Å²) in [5, 5.41) is 4.77. The number of hydrogen-bond acceptors (Lipinski definition) is 7. The molecule has 8 nitrogen and oxygen atoms in total. The van der Waals surface area contributed by atoms with Gasteiger partial charge in [-0.05, 0) is 78.9 Å². The van der Waals surface area contributed by atoms with Gasteiger partial charge in [-0.25, -0.2) is 19.3 Å². The number of pyridine rings is 1. The van der Waals surface area contributed by atoms with Crippen molar-refractivity contribution in [3.8, 4) is 33.5 Å². The largest absolute Gasteiger partial charge is 0.382 e. The first-order chi connectivity index (χ1) is 20.4. The minimum Gasteiger partial charge on any atom is -0.382 e. The van der Waals surface area contributed by atoms with E-state index in [1.54, 1.807) is 41.9 Å². The lowest BCUT2D eigenvalue weighted by Crippen LogP contribution is -2.26.